The third-order valence-corrected chi connectivity index (χ3v) is 3.48. The second kappa shape index (κ2) is 12.5. The van der Waals surface area contributed by atoms with Crippen molar-refractivity contribution in [2.24, 2.45) is 10.7 Å². The van der Waals surface area contributed by atoms with Crippen molar-refractivity contribution >= 4 is 36.0 Å². The number of amides is 1. The number of guanidine groups is 1. The second-order valence-corrected chi connectivity index (χ2v) is 6.90. The predicted octanol–water partition coefficient (Wildman–Crippen LogP) is 1.10. The summed E-state index contributed by atoms with van der Waals surface area (Å²) in [7, 11) is 1.70. The molecule has 0 spiro atoms. The van der Waals surface area contributed by atoms with E-state index < -0.39 is 5.60 Å². The first kappa shape index (κ1) is 24.2. The second-order valence-electron chi connectivity index (χ2n) is 6.90. The molecule has 9 heteroatoms. The SMILES string of the molecule is CN(CCNC(N)=NCCCN1CCOCC1)C(=O)OC(C)(C)C.I. The van der Waals surface area contributed by atoms with Gasteiger partial charge in [0.15, 0.2) is 5.96 Å². The fraction of sp³-hybridized carbons (Fsp3) is 0.875. The minimum Gasteiger partial charge on any atom is -0.444 e. The number of carbonyl (C=O) groups is 1. The van der Waals surface area contributed by atoms with E-state index in [-0.39, 0.29) is 30.1 Å². The molecule has 0 aromatic carbocycles. The molecule has 0 atom stereocenters. The number of likely N-dealkylation sites (N-methyl/N-ethyl adjacent to an activating group) is 1. The molecule has 0 bridgehead atoms. The first-order chi connectivity index (χ1) is 11.3. The number of nitrogens with zero attached hydrogens (tertiary/aromatic N) is 3. The van der Waals surface area contributed by atoms with Crippen molar-refractivity contribution in [3.63, 3.8) is 0 Å². The molecule has 0 radical (unpaired) electrons. The number of nitrogens with two attached hydrogens (primary N) is 1. The van der Waals surface area contributed by atoms with Crippen LogP contribution in [-0.4, -0.2) is 87.0 Å². The van der Waals surface area contributed by atoms with E-state index in [1.807, 2.05) is 20.8 Å². The van der Waals surface area contributed by atoms with Gasteiger partial charge in [0.2, 0.25) is 0 Å². The van der Waals surface area contributed by atoms with Crippen molar-refractivity contribution in [1.29, 1.82) is 0 Å². The Kier molecular flexibility index (Phi) is 12.1. The number of aliphatic imine (C=N–C) groups is 1. The molecule has 1 aliphatic heterocycles. The average molecular weight is 471 g/mol. The van der Waals surface area contributed by atoms with Crippen LogP contribution in [0.4, 0.5) is 4.79 Å². The van der Waals surface area contributed by atoms with Gasteiger partial charge in [-0.05, 0) is 27.2 Å². The highest BCUT2D eigenvalue weighted by molar-refractivity contribution is 14.0. The van der Waals surface area contributed by atoms with Crippen LogP contribution in [-0.2, 0) is 9.47 Å². The van der Waals surface area contributed by atoms with Gasteiger partial charge >= 0.3 is 6.09 Å². The number of hydrogen-bond donors (Lipinski definition) is 2. The zero-order valence-electron chi connectivity index (χ0n) is 15.9. The lowest BCUT2D eigenvalue weighted by Gasteiger charge is -2.26. The lowest BCUT2D eigenvalue weighted by atomic mass is 10.2. The summed E-state index contributed by atoms with van der Waals surface area (Å²) < 4.78 is 10.6. The van der Waals surface area contributed by atoms with Crippen LogP contribution in [0.15, 0.2) is 4.99 Å². The van der Waals surface area contributed by atoms with Gasteiger partial charge in [-0.3, -0.25) is 9.89 Å². The molecule has 0 aliphatic carbocycles. The number of nitrogens with one attached hydrogen (secondary N) is 1. The molecule has 1 aliphatic rings. The van der Waals surface area contributed by atoms with Gasteiger partial charge in [-0.1, -0.05) is 0 Å². The van der Waals surface area contributed by atoms with E-state index >= 15 is 0 Å². The Morgan fingerprint density at radius 1 is 1.36 bits per heavy atom. The Labute approximate surface area is 168 Å². The molecule has 3 N–H and O–H groups in total. The van der Waals surface area contributed by atoms with Gasteiger partial charge in [-0.25, -0.2) is 4.79 Å². The summed E-state index contributed by atoms with van der Waals surface area (Å²) in [4.78, 5) is 20.0. The summed E-state index contributed by atoms with van der Waals surface area (Å²) in [5.74, 6) is 0.412. The zero-order chi connectivity index (χ0) is 18.0. The molecular weight excluding hydrogens is 437 g/mol. The summed E-state index contributed by atoms with van der Waals surface area (Å²) in [6.07, 6.45) is 0.630. The van der Waals surface area contributed by atoms with Gasteiger partial charge in [-0.2, -0.15) is 0 Å². The fourth-order valence-electron chi connectivity index (χ4n) is 2.16. The molecule has 148 valence electrons. The van der Waals surface area contributed by atoms with E-state index in [1.165, 1.54) is 4.90 Å². The number of rotatable bonds is 7. The van der Waals surface area contributed by atoms with Crippen LogP contribution in [0.5, 0.6) is 0 Å². The van der Waals surface area contributed by atoms with Crippen molar-refractivity contribution < 1.29 is 14.3 Å². The third kappa shape index (κ3) is 12.2. The highest BCUT2D eigenvalue weighted by atomic mass is 127. The lowest BCUT2D eigenvalue weighted by Crippen LogP contribution is -2.41. The Bertz CT molecular complexity index is 409. The van der Waals surface area contributed by atoms with E-state index in [2.05, 4.69) is 15.2 Å². The van der Waals surface area contributed by atoms with E-state index in [9.17, 15) is 4.79 Å². The van der Waals surface area contributed by atoms with E-state index in [0.29, 0.717) is 25.6 Å². The summed E-state index contributed by atoms with van der Waals surface area (Å²) >= 11 is 0. The molecule has 1 fully saturated rings. The average Bonchev–Trinajstić information content (AvgIpc) is 2.51. The fourth-order valence-corrected chi connectivity index (χ4v) is 2.16. The van der Waals surface area contributed by atoms with E-state index in [1.54, 1.807) is 7.05 Å². The van der Waals surface area contributed by atoms with Crippen molar-refractivity contribution in [3.05, 3.63) is 0 Å². The molecule has 0 aromatic rings. The van der Waals surface area contributed by atoms with Crippen molar-refractivity contribution in [3.8, 4) is 0 Å². The smallest absolute Gasteiger partial charge is 0.410 e. The molecule has 1 saturated heterocycles. The minimum atomic E-state index is -0.486. The number of halogens is 1. The topological polar surface area (TPSA) is 92.4 Å². The van der Waals surface area contributed by atoms with Crippen LogP contribution in [0.1, 0.15) is 27.2 Å². The molecule has 0 aromatic heterocycles. The Hall–Kier alpha value is -0.810. The third-order valence-electron chi connectivity index (χ3n) is 3.48. The van der Waals surface area contributed by atoms with Crippen molar-refractivity contribution in [2.75, 3.05) is 59.5 Å². The van der Waals surface area contributed by atoms with Gasteiger partial charge in [0.05, 0.1) is 13.2 Å². The van der Waals surface area contributed by atoms with Crippen LogP contribution in [0, 0.1) is 0 Å². The first-order valence-corrected chi connectivity index (χ1v) is 8.56. The Morgan fingerprint density at radius 2 is 2.00 bits per heavy atom. The van der Waals surface area contributed by atoms with E-state index in [4.69, 9.17) is 15.2 Å². The Morgan fingerprint density at radius 3 is 2.60 bits per heavy atom. The molecule has 1 heterocycles. The summed E-state index contributed by atoms with van der Waals surface area (Å²) in [6.45, 7) is 11.9. The Balaban J connectivity index is 0.00000576. The monoisotopic (exact) mass is 471 g/mol. The van der Waals surface area contributed by atoms with Crippen LogP contribution >= 0.6 is 24.0 Å². The summed E-state index contributed by atoms with van der Waals surface area (Å²) in [5.41, 5.74) is 5.34. The number of hydrogen-bond acceptors (Lipinski definition) is 5. The van der Waals surface area contributed by atoms with Crippen molar-refractivity contribution in [1.82, 2.24) is 15.1 Å². The minimum absolute atomic E-state index is 0. The maximum absolute atomic E-state index is 11.8. The highest BCUT2D eigenvalue weighted by Crippen LogP contribution is 2.08. The number of ether oxygens (including phenoxy) is 2. The molecular formula is C16H34IN5O3. The molecule has 0 unspecified atom stereocenters. The van der Waals surface area contributed by atoms with Crippen molar-refractivity contribution in [2.45, 2.75) is 32.8 Å². The maximum Gasteiger partial charge on any atom is 0.410 e. The van der Waals surface area contributed by atoms with Crippen LogP contribution in [0.25, 0.3) is 0 Å². The molecule has 25 heavy (non-hydrogen) atoms. The molecule has 1 amide bonds. The quantitative estimate of drug-likeness (QED) is 0.250. The molecule has 0 saturated carbocycles. The van der Waals surface area contributed by atoms with Crippen LogP contribution in [0.2, 0.25) is 0 Å². The number of morpholine rings is 1. The summed E-state index contributed by atoms with van der Waals surface area (Å²) in [6, 6.07) is 0. The lowest BCUT2D eigenvalue weighted by molar-refractivity contribution is 0.0302. The zero-order valence-corrected chi connectivity index (χ0v) is 18.2. The van der Waals surface area contributed by atoms with Gasteiger partial charge in [0.25, 0.3) is 0 Å². The van der Waals surface area contributed by atoms with Crippen LogP contribution < -0.4 is 11.1 Å². The van der Waals surface area contributed by atoms with Gasteiger partial charge in [-0.15, -0.1) is 24.0 Å². The maximum atomic E-state index is 11.8. The predicted molar refractivity (Wildman–Crippen MR) is 111 cm³/mol. The highest BCUT2D eigenvalue weighted by Gasteiger charge is 2.19. The van der Waals surface area contributed by atoms with Gasteiger partial charge in [0, 0.05) is 46.3 Å². The van der Waals surface area contributed by atoms with Gasteiger partial charge in [0.1, 0.15) is 5.60 Å². The number of carbonyl (C=O) groups excluding carboxylic acids is 1. The normalized spacial score (nSPS) is 16.1. The standard InChI is InChI=1S/C16H33N5O3.HI/c1-16(2,3)24-15(22)20(4)9-7-19-14(17)18-6-5-8-21-10-12-23-13-11-21;/h5-13H2,1-4H3,(H3,17,18,19);1H. The van der Waals surface area contributed by atoms with Gasteiger partial charge < -0.3 is 25.4 Å². The van der Waals surface area contributed by atoms with Crippen LogP contribution in [0.3, 0.4) is 0 Å². The largest absolute Gasteiger partial charge is 0.444 e. The van der Waals surface area contributed by atoms with E-state index in [0.717, 1.165) is 39.3 Å². The summed E-state index contributed by atoms with van der Waals surface area (Å²) in [5, 5.41) is 3.01. The molecule has 1 rings (SSSR count). The molecule has 8 nitrogen and oxygen atoms in total. The first-order valence-electron chi connectivity index (χ1n) is 8.56.